The van der Waals surface area contributed by atoms with Gasteiger partial charge in [-0.15, -0.1) is 0 Å². The maximum Gasteiger partial charge on any atom is 0.127 e. The van der Waals surface area contributed by atoms with Gasteiger partial charge in [0.25, 0.3) is 0 Å². The number of benzene rings is 1. The molecule has 0 saturated heterocycles. The lowest BCUT2D eigenvalue weighted by molar-refractivity contribution is 0.385. The quantitative estimate of drug-likeness (QED) is 0.808. The number of ether oxygens (including phenoxy) is 2. The summed E-state index contributed by atoms with van der Waals surface area (Å²) in [5, 5.41) is 3.59. The van der Waals surface area contributed by atoms with Crippen LogP contribution in [0.25, 0.3) is 0 Å². The second-order valence-corrected chi connectivity index (χ2v) is 5.85. The molecule has 20 heavy (non-hydrogen) atoms. The summed E-state index contributed by atoms with van der Waals surface area (Å²) in [7, 11) is 3.38. The zero-order valence-electron chi connectivity index (χ0n) is 12.3. The molecule has 1 fully saturated rings. The molecule has 1 saturated carbocycles. The first-order valence-corrected chi connectivity index (χ1v) is 7.40. The highest BCUT2D eigenvalue weighted by molar-refractivity contribution is 5.40. The number of nitrogens with one attached hydrogen (secondary N) is 1. The van der Waals surface area contributed by atoms with Crippen LogP contribution in [-0.2, 0) is 6.54 Å². The van der Waals surface area contributed by atoms with Crippen molar-refractivity contribution in [3.8, 4) is 11.5 Å². The number of hydrogen-bond donors (Lipinski definition) is 1. The second-order valence-electron chi connectivity index (χ2n) is 5.85. The average Bonchev–Trinajstić information content (AvgIpc) is 3.10. The van der Waals surface area contributed by atoms with E-state index >= 15 is 0 Å². The molecule has 3 nitrogen and oxygen atoms in total. The van der Waals surface area contributed by atoms with E-state index in [0.717, 1.165) is 42.3 Å². The fourth-order valence-electron chi connectivity index (χ4n) is 3.52. The third-order valence-electron chi connectivity index (χ3n) is 4.63. The molecule has 0 radical (unpaired) electrons. The Bertz CT molecular complexity index is 498. The van der Waals surface area contributed by atoms with Gasteiger partial charge in [-0.2, -0.15) is 0 Å². The molecule has 3 unspecified atom stereocenters. The molecule has 0 amide bonds. The van der Waals surface area contributed by atoms with Crippen LogP contribution in [0.3, 0.4) is 0 Å². The topological polar surface area (TPSA) is 30.5 Å². The van der Waals surface area contributed by atoms with Gasteiger partial charge < -0.3 is 14.8 Å². The highest BCUT2D eigenvalue weighted by atomic mass is 16.5. The lowest BCUT2D eigenvalue weighted by Gasteiger charge is -2.19. The van der Waals surface area contributed by atoms with Crippen LogP contribution in [0.5, 0.6) is 11.5 Å². The molecule has 3 heteroatoms. The van der Waals surface area contributed by atoms with Crippen molar-refractivity contribution in [3.63, 3.8) is 0 Å². The van der Waals surface area contributed by atoms with E-state index in [4.69, 9.17) is 9.47 Å². The molecule has 1 aromatic carbocycles. The lowest BCUT2D eigenvalue weighted by Crippen LogP contribution is -2.25. The van der Waals surface area contributed by atoms with Crippen LogP contribution in [0, 0.1) is 17.8 Å². The molecule has 3 rings (SSSR count). The van der Waals surface area contributed by atoms with Crippen LogP contribution in [0.15, 0.2) is 30.4 Å². The van der Waals surface area contributed by atoms with Crippen LogP contribution in [0.4, 0.5) is 0 Å². The summed E-state index contributed by atoms with van der Waals surface area (Å²) in [5.41, 5.74) is 1.19. The van der Waals surface area contributed by atoms with Gasteiger partial charge in [0, 0.05) is 18.2 Å². The van der Waals surface area contributed by atoms with Crippen molar-refractivity contribution in [2.75, 3.05) is 20.8 Å². The summed E-state index contributed by atoms with van der Waals surface area (Å²) >= 11 is 0. The van der Waals surface area contributed by atoms with Crippen LogP contribution in [-0.4, -0.2) is 20.8 Å². The van der Waals surface area contributed by atoms with Crippen molar-refractivity contribution in [2.24, 2.45) is 17.8 Å². The monoisotopic (exact) mass is 273 g/mol. The van der Waals surface area contributed by atoms with Gasteiger partial charge in [-0.25, -0.2) is 0 Å². The Hall–Kier alpha value is -1.48. The largest absolute Gasteiger partial charge is 0.497 e. The predicted octanol–water partition coefficient (Wildman–Crippen LogP) is 3.01. The van der Waals surface area contributed by atoms with Gasteiger partial charge in [0.1, 0.15) is 11.5 Å². The van der Waals surface area contributed by atoms with Gasteiger partial charge in [0.05, 0.1) is 14.2 Å². The molecule has 1 N–H and O–H groups in total. The fourth-order valence-corrected chi connectivity index (χ4v) is 3.52. The van der Waals surface area contributed by atoms with Crippen molar-refractivity contribution < 1.29 is 9.47 Å². The first-order valence-electron chi connectivity index (χ1n) is 7.40. The van der Waals surface area contributed by atoms with E-state index in [9.17, 15) is 0 Å². The minimum atomic E-state index is 0.810. The van der Waals surface area contributed by atoms with E-state index in [1.165, 1.54) is 18.4 Å². The Morgan fingerprint density at radius 3 is 2.70 bits per heavy atom. The first kappa shape index (κ1) is 13.5. The zero-order chi connectivity index (χ0) is 13.9. The van der Waals surface area contributed by atoms with Gasteiger partial charge in [0.2, 0.25) is 0 Å². The predicted molar refractivity (Wildman–Crippen MR) is 80.1 cm³/mol. The van der Waals surface area contributed by atoms with Crippen molar-refractivity contribution in [3.05, 3.63) is 35.9 Å². The molecule has 2 bridgehead atoms. The Labute approximate surface area is 121 Å². The third-order valence-corrected chi connectivity index (χ3v) is 4.63. The van der Waals surface area contributed by atoms with Crippen LogP contribution in [0.1, 0.15) is 18.4 Å². The summed E-state index contributed by atoms with van der Waals surface area (Å²) < 4.78 is 10.7. The summed E-state index contributed by atoms with van der Waals surface area (Å²) in [4.78, 5) is 0. The van der Waals surface area contributed by atoms with E-state index in [1.54, 1.807) is 14.2 Å². The van der Waals surface area contributed by atoms with Crippen LogP contribution in [0.2, 0.25) is 0 Å². The highest BCUT2D eigenvalue weighted by Crippen LogP contribution is 2.43. The van der Waals surface area contributed by atoms with Crippen LogP contribution < -0.4 is 14.8 Å². The van der Waals surface area contributed by atoms with Crippen molar-refractivity contribution in [1.82, 2.24) is 5.32 Å². The maximum absolute atomic E-state index is 5.43. The number of hydrogen-bond acceptors (Lipinski definition) is 3. The van der Waals surface area contributed by atoms with E-state index in [2.05, 4.69) is 23.5 Å². The van der Waals surface area contributed by atoms with Crippen molar-refractivity contribution in [1.29, 1.82) is 0 Å². The first-order chi connectivity index (χ1) is 9.80. The Kier molecular flexibility index (Phi) is 3.97. The molecule has 108 valence electrons. The summed E-state index contributed by atoms with van der Waals surface area (Å²) in [5.74, 6) is 4.20. The molecule has 3 atom stereocenters. The van der Waals surface area contributed by atoms with Gasteiger partial charge in [-0.05, 0) is 43.2 Å². The summed E-state index contributed by atoms with van der Waals surface area (Å²) in [6, 6.07) is 6.00. The molecule has 0 heterocycles. The summed E-state index contributed by atoms with van der Waals surface area (Å²) in [6.07, 6.45) is 7.54. The minimum absolute atomic E-state index is 0.810. The van der Waals surface area contributed by atoms with Gasteiger partial charge in [-0.3, -0.25) is 0 Å². The average molecular weight is 273 g/mol. The van der Waals surface area contributed by atoms with Gasteiger partial charge in [-0.1, -0.05) is 18.2 Å². The standard InChI is InChI=1S/C17H23NO2/c1-19-16-6-5-14(17(9-16)20-2)10-18-11-15-8-12-3-4-13(15)7-12/h3-6,9,12-13,15,18H,7-8,10-11H2,1-2H3. The van der Waals surface area contributed by atoms with Crippen molar-refractivity contribution in [2.45, 2.75) is 19.4 Å². The number of allylic oxidation sites excluding steroid dienone is 2. The Morgan fingerprint density at radius 2 is 2.05 bits per heavy atom. The maximum atomic E-state index is 5.43. The highest BCUT2D eigenvalue weighted by Gasteiger charge is 2.34. The molecule has 0 aromatic heterocycles. The normalized spacial score (nSPS) is 27.0. The van der Waals surface area contributed by atoms with Gasteiger partial charge in [0.15, 0.2) is 0 Å². The molecule has 0 spiro atoms. The molecule has 2 aliphatic rings. The van der Waals surface area contributed by atoms with Crippen molar-refractivity contribution >= 4 is 0 Å². The van der Waals surface area contributed by atoms with Gasteiger partial charge >= 0.3 is 0 Å². The zero-order valence-corrected chi connectivity index (χ0v) is 12.3. The second kappa shape index (κ2) is 5.88. The lowest BCUT2D eigenvalue weighted by atomic mass is 9.93. The van der Waals surface area contributed by atoms with Crippen LogP contribution >= 0.6 is 0 Å². The Morgan fingerprint density at radius 1 is 1.15 bits per heavy atom. The summed E-state index contributed by atoms with van der Waals surface area (Å²) in [6.45, 7) is 1.95. The SMILES string of the molecule is COc1ccc(CNCC2CC3C=CC2C3)c(OC)c1. The Balaban J connectivity index is 1.54. The molecule has 0 aliphatic heterocycles. The molecule has 2 aliphatic carbocycles. The molecule has 1 aromatic rings. The third kappa shape index (κ3) is 2.68. The van der Waals surface area contributed by atoms with E-state index in [1.807, 2.05) is 12.1 Å². The molecular weight excluding hydrogens is 250 g/mol. The minimum Gasteiger partial charge on any atom is -0.497 e. The number of methoxy groups -OCH3 is 2. The van der Waals surface area contributed by atoms with E-state index in [0.29, 0.717) is 0 Å². The number of rotatable bonds is 6. The van der Waals surface area contributed by atoms with E-state index < -0.39 is 0 Å². The smallest absolute Gasteiger partial charge is 0.127 e. The number of fused-ring (bicyclic) bond motifs is 2. The van der Waals surface area contributed by atoms with E-state index in [-0.39, 0.29) is 0 Å². The molecular formula is C17H23NO2. The fraction of sp³-hybridized carbons (Fsp3) is 0.529.